The van der Waals surface area contributed by atoms with Crippen molar-refractivity contribution in [3.63, 3.8) is 0 Å². The maximum Gasteiger partial charge on any atom is 0.144 e. The van der Waals surface area contributed by atoms with Crippen LogP contribution in [0.4, 0.5) is 0 Å². The van der Waals surface area contributed by atoms with Crippen molar-refractivity contribution in [2.75, 3.05) is 7.11 Å². The lowest BCUT2D eigenvalue weighted by atomic mass is 10.2. The maximum absolute atomic E-state index is 11.6. The van der Waals surface area contributed by atoms with E-state index in [2.05, 4.69) is 4.40 Å². The third-order valence-corrected chi connectivity index (χ3v) is 3.28. The minimum Gasteiger partial charge on any atom is -0.497 e. The SMILES string of the molecule is COc1ccc(C=N[S@](=O)C(C)(C)C)cc1. The van der Waals surface area contributed by atoms with Crippen molar-refractivity contribution in [1.29, 1.82) is 0 Å². The number of ether oxygens (including phenoxy) is 1. The van der Waals surface area contributed by atoms with Crippen LogP contribution in [-0.2, 0) is 11.0 Å². The molecule has 88 valence electrons. The van der Waals surface area contributed by atoms with Crippen molar-refractivity contribution in [2.24, 2.45) is 4.40 Å². The first-order valence-electron chi connectivity index (χ1n) is 5.03. The largest absolute Gasteiger partial charge is 0.497 e. The van der Waals surface area contributed by atoms with Crippen LogP contribution in [0.15, 0.2) is 28.7 Å². The second kappa shape index (κ2) is 5.25. The molecule has 0 spiro atoms. The molecule has 1 aromatic rings. The molecule has 0 amide bonds. The van der Waals surface area contributed by atoms with E-state index in [0.29, 0.717) is 0 Å². The number of hydrogen-bond donors (Lipinski definition) is 0. The molecule has 0 aromatic heterocycles. The van der Waals surface area contributed by atoms with E-state index in [4.69, 9.17) is 4.74 Å². The van der Waals surface area contributed by atoms with Gasteiger partial charge in [-0.3, -0.25) is 0 Å². The van der Waals surface area contributed by atoms with E-state index >= 15 is 0 Å². The fraction of sp³-hybridized carbons (Fsp3) is 0.417. The lowest BCUT2D eigenvalue weighted by Crippen LogP contribution is -2.19. The van der Waals surface area contributed by atoms with Gasteiger partial charge in [0.15, 0.2) is 0 Å². The fourth-order valence-corrected chi connectivity index (χ4v) is 1.49. The van der Waals surface area contributed by atoms with E-state index in [9.17, 15) is 4.21 Å². The van der Waals surface area contributed by atoms with Gasteiger partial charge < -0.3 is 4.74 Å². The Labute approximate surface area is 99.1 Å². The molecule has 0 aliphatic heterocycles. The van der Waals surface area contributed by atoms with Crippen LogP contribution in [0.3, 0.4) is 0 Å². The van der Waals surface area contributed by atoms with Crippen molar-refractivity contribution in [3.05, 3.63) is 29.8 Å². The highest BCUT2D eigenvalue weighted by molar-refractivity contribution is 7.85. The average Bonchev–Trinajstić information content (AvgIpc) is 2.25. The Bertz CT molecular complexity index is 390. The Kier molecular flexibility index (Phi) is 4.24. The summed E-state index contributed by atoms with van der Waals surface area (Å²) in [6, 6.07) is 7.45. The first-order chi connectivity index (χ1) is 7.43. The molecule has 0 saturated carbocycles. The third-order valence-electron chi connectivity index (χ3n) is 1.94. The second-order valence-corrected chi connectivity index (χ2v) is 6.30. The molecule has 3 nitrogen and oxygen atoms in total. The van der Waals surface area contributed by atoms with Gasteiger partial charge in [-0.05, 0) is 50.6 Å². The van der Waals surface area contributed by atoms with Gasteiger partial charge >= 0.3 is 0 Å². The smallest absolute Gasteiger partial charge is 0.144 e. The first kappa shape index (κ1) is 12.9. The topological polar surface area (TPSA) is 38.7 Å². The van der Waals surface area contributed by atoms with Crippen LogP contribution < -0.4 is 4.74 Å². The van der Waals surface area contributed by atoms with E-state index in [0.717, 1.165) is 11.3 Å². The van der Waals surface area contributed by atoms with Crippen LogP contribution >= 0.6 is 0 Å². The molecule has 16 heavy (non-hydrogen) atoms. The molecule has 1 atom stereocenters. The van der Waals surface area contributed by atoms with Crippen molar-refractivity contribution in [1.82, 2.24) is 0 Å². The molecule has 0 radical (unpaired) electrons. The van der Waals surface area contributed by atoms with Gasteiger partial charge in [-0.15, -0.1) is 0 Å². The summed E-state index contributed by atoms with van der Waals surface area (Å²) in [7, 11) is 0.416. The molecule has 0 bridgehead atoms. The van der Waals surface area contributed by atoms with Crippen LogP contribution in [0.25, 0.3) is 0 Å². The predicted octanol–water partition coefficient (Wildman–Crippen LogP) is 2.58. The van der Waals surface area contributed by atoms with Crippen LogP contribution in [0.5, 0.6) is 5.75 Å². The highest BCUT2D eigenvalue weighted by Gasteiger charge is 2.17. The van der Waals surface area contributed by atoms with E-state index in [-0.39, 0.29) is 4.75 Å². The van der Waals surface area contributed by atoms with Crippen molar-refractivity contribution >= 4 is 17.2 Å². The van der Waals surface area contributed by atoms with Crippen molar-refractivity contribution in [3.8, 4) is 5.75 Å². The average molecular weight is 239 g/mol. The summed E-state index contributed by atoms with van der Waals surface area (Å²) < 4.78 is 20.4. The Morgan fingerprint density at radius 2 is 1.81 bits per heavy atom. The van der Waals surface area contributed by atoms with Crippen LogP contribution in [0.1, 0.15) is 26.3 Å². The molecule has 0 N–H and O–H groups in total. The molecular weight excluding hydrogens is 222 g/mol. The molecule has 0 fully saturated rings. The quantitative estimate of drug-likeness (QED) is 0.760. The highest BCUT2D eigenvalue weighted by atomic mass is 32.2. The normalized spacial score (nSPS) is 14.0. The number of benzene rings is 1. The van der Waals surface area contributed by atoms with Gasteiger partial charge in [0.05, 0.1) is 11.9 Å². The first-order valence-corrected chi connectivity index (χ1v) is 6.14. The van der Waals surface area contributed by atoms with Gasteiger partial charge in [0.25, 0.3) is 0 Å². The lowest BCUT2D eigenvalue weighted by molar-refractivity contribution is 0.415. The summed E-state index contributed by atoms with van der Waals surface area (Å²) >= 11 is 0. The maximum atomic E-state index is 11.6. The minimum atomic E-state index is -1.21. The minimum absolute atomic E-state index is 0.316. The Morgan fingerprint density at radius 1 is 1.25 bits per heavy atom. The summed E-state index contributed by atoms with van der Waals surface area (Å²) in [6.07, 6.45) is 1.63. The standard InChI is InChI=1S/C12H17NO2S/c1-12(2,3)16(14)13-9-10-5-7-11(15-4)8-6-10/h5-9H,1-4H3/t16-/m1/s1. The Balaban J connectivity index is 2.73. The number of hydrogen-bond acceptors (Lipinski definition) is 2. The summed E-state index contributed by atoms with van der Waals surface area (Å²) in [6.45, 7) is 5.69. The van der Waals surface area contributed by atoms with Gasteiger partial charge in [-0.1, -0.05) is 0 Å². The van der Waals surface area contributed by atoms with Gasteiger partial charge in [0.2, 0.25) is 0 Å². The monoisotopic (exact) mass is 239 g/mol. The van der Waals surface area contributed by atoms with Gasteiger partial charge in [-0.25, -0.2) is 4.21 Å². The van der Waals surface area contributed by atoms with E-state index < -0.39 is 11.0 Å². The third kappa shape index (κ3) is 3.77. The summed E-state index contributed by atoms with van der Waals surface area (Å²) in [5.74, 6) is 0.800. The Morgan fingerprint density at radius 3 is 2.25 bits per heavy atom. The van der Waals surface area contributed by atoms with E-state index in [1.807, 2.05) is 45.0 Å². The zero-order valence-electron chi connectivity index (χ0n) is 10.1. The lowest BCUT2D eigenvalue weighted by Gasteiger charge is -2.12. The van der Waals surface area contributed by atoms with Gasteiger partial charge in [-0.2, -0.15) is 4.40 Å². The highest BCUT2D eigenvalue weighted by Crippen LogP contribution is 2.13. The molecule has 0 saturated heterocycles. The molecule has 1 rings (SSSR count). The number of rotatable bonds is 3. The molecule has 0 aliphatic carbocycles. The van der Waals surface area contributed by atoms with Crippen LogP contribution in [0, 0.1) is 0 Å². The molecule has 4 heteroatoms. The summed E-state index contributed by atoms with van der Waals surface area (Å²) in [4.78, 5) is 0. The number of nitrogens with zero attached hydrogens (tertiary/aromatic N) is 1. The van der Waals surface area contributed by atoms with Crippen molar-refractivity contribution in [2.45, 2.75) is 25.5 Å². The second-order valence-electron chi connectivity index (χ2n) is 4.37. The summed E-state index contributed by atoms with van der Waals surface area (Å²) in [5, 5.41) is 0. The van der Waals surface area contributed by atoms with Gasteiger partial charge in [0.1, 0.15) is 16.7 Å². The van der Waals surface area contributed by atoms with Crippen LogP contribution in [-0.4, -0.2) is 22.3 Å². The van der Waals surface area contributed by atoms with E-state index in [1.165, 1.54) is 0 Å². The fourth-order valence-electron chi connectivity index (χ4n) is 0.957. The predicted molar refractivity (Wildman–Crippen MR) is 68.5 cm³/mol. The van der Waals surface area contributed by atoms with Crippen LogP contribution in [0.2, 0.25) is 0 Å². The molecular formula is C12H17NO2S. The molecule has 1 aromatic carbocycles. The molecule has 0 heterocycles. The van der Waals surface area contributed by atoms with E-state index in [1.54, 1.807) is 13.3 Å². The van der Waals surface area contributed by atoms with Gasteiger partial charge in [0, 0.05) is 6.21 Å². The zero-order chi connectivity index (χ0) is 12.2. The number of methoxy groups -OCH3 is 1. The van der Waals surface area contributed by atoms with Crippen molar-refractivity contribution < 1.29 is 8.95 Å². The molecule has 0 aliphatic rings. The summed E-state index contributed by atoms with van der Waals surface area (Å²) in [5.41, 5.74) is 0.915. The Hall–Kier alpha value is -1.16. The zero-order valence-corrected chi connectivity index (χ0v) is 10.9. The molecule has 0 unspecified atom stereocenters.